The Labute approximate surface area is 181 Å². The van der Waals surface area contributed by atoms with Gasteiger partial charge < -0.3 is 19.9 Å². The molecule has 8 nitrogen and oxygen atoms in total. The van der Waals surface area contributed by atoms with Crippen molar-refractivity contribution in [3.05, 3.63) is 46.8 Å². The molecule has 0 radical (unpaired) electrons. The molecule has 5 rings (SSSR count). The van der Waals surface area contributed by atoms with Gasteiger partial charge in [-0.25, -0.2) is 4.98 Å². The van der Waals surface area contributed by atoms with E-state index in [4.69, 9.17) is 14.7 Å². The number of fused-ring (bicyclic) bond motifs is 1. The minimum atomic E-state index is -0.175. The number of anilines is 2. The second-order valence-corrected chi connectivity index (χ2v) is 8.35. The SMILES string of the molecule is CN1CCCC(Nc2nc(N3CCOCC3)[nH]c(=O)c2-c2ccc3ccccc3n2)C1. The molecule has 2 N–H and O–H groups in total. The van der Waals surface area contributed by atoms with E-state index in [1.807, 2.05) is 36.4 Å². The number of morpholine rings is 1. The average molecular weight is 421 g/mol. The quantitative estimate of drug-likeness (QED) is 0.670. The number of rotatable bonds is 4. The molecule has 3 aromatic rings. The number of nitrogens with one attached hydrogen (secondary N) is 2. The highest BCUT2D eigenvalue weighted by Crippen LogP contribution is 2.27. The zero-order chi connectivity index (χ0) is 21.2. The number of benzene rings is 1. The first-order valence-electron chi connectivity index (χ1n) is 11.0. The maximum absolute atomic E-state index is 13.3. The highest BCUT2D eigenvalue weighted by molar-refractivity contribution is 5.83. The van der Waals surface area contributed by atoms with E-state index in [0.29, 0.717) is 49.3 Å². The van der Waals surface area contributed by atoms with E-state index < -0.39 is 0 Å². The summed E-state index contributed by atoms with van der Waals surface area (Å²) < 4.78 is 5.46. The van der Waals surface area contributed by atoms with Crippen LogP contribution in [-0.4, -0.2) is 72.3 Å². The lowest BCUT2D eigenvalue weighted by Crippen LogP contribution is -2.41. The van der Waals surface area contributed by atoms with Crippen LogP contribution in [0.25, 0.3) is 22.2 Å². The molecule has 0 amide bonds. The van der Waals surface area contributed by atoms with Gasteiger partial charge in [0.2, 0.25) is 5.95 Å². The lowest BCUT2D eigenvalue weighted by molar-refractivity contribution is 0.122. The van der Waals surface area contributed by atoms with Crippen LogP contribution in [0.2, 0.25) is 0 Å². The molecule has 8 heteroatoms. The Hall–Kier alpha value is -2.97. The average Bonchev–Trinajstić information content (AvgIpc) is 2.79. The molecular formula is C23H28N6O2. The van der Waals surface area contributed by atoms with Crippen molar-refractivity contribution in [2.45, 2.75) is 18.9 Å². The maximum Gasteiger partial charge on any atom is 0.263 e. The fraction of sp³-hybridized carbons (Fsp3) is 0.435. The van der Waals surface area contributed by atoms with E-state index in [2.05, 4.69) is 27.1 Å². The van der Waals surface area contributed by atoms with Crippen LogP contribution in [0.1, 0.15) is 12.8 Å². The summed E-state index contributed by atoms with van der Waals surface area (Å²) in [5, 5.41) is 4.62. The molecule has 1 atom stereocenters. The molecule has 2 aliphatic heterocycles. The summed E-state index contributed by atoms with van der Waals surface area (Å²) in [5.41, 5.74) is 1.81. The summed E-state index contributed by atoms with van der Waals surface area (Å²) in [5.74, 6) is 1.19. The standard InChI is InChI=1S/C23H28N6O2/c1-28-10-4-6-17(15-28)24-21-20(19-9-8-16-5-2-3-7-18(16)25-19)22(30)27-23(26-21)29-11-13-31-14-12-29/h2-3,5,7-9,17H,4,6,10-15H2,1H3,(H2,24,26,27,30). The monoisotopic (exact) mass is 420 g/mol. The summed E-state index contributed by atoms with van der Waals surface area (Å²) in [6.07, 6.45) is 2.17. The number of aromatic amines is 1. The van der Waals surface area contributed by atoms with Gasteiger partial charge in [0, 0.05) is 31.1 Å². The Kier molecular flexibility index (Phi) is 5.57. The number of hydrogen-bond donors (Lipinski definition) is 2. The minimum Gasteiger partial charge on any atom is -0.378 e. The second kappa shape index (κ2) is 8.64. The van der Waals surface area contributed by atoms with Crippen LogP contribution in [0.3, 0.4) is 0 Å². The van der Waals surface area contributed by atoms with Crippen molar-refractivity contribution in [3.63, 3.8) is 0 Å². The molecule has 1 aromatic carbocycles. The van der Waals surface area contributed by atoms with Crippen molar-refractivity contribution in [3.8, 4) is 11.3 Å². The smallest absolute Gasteiger partial charge is 0.263 e. The van der Waals surface area contributed by atoms with Gasteiger partial charge in [0.15, 0.2) is 0 Å². The molecule has 31 heavy (non-hydrogen) atoms. The molecular weight excluding hydrogens is 392 g/mol. The maximum atomic E-state index is 13.3. The van der Waals surface area contributed by atoms with Gasteiger partial charge in [0.1, 0.15) is 11.4 Å². The largest absolute Gasteiger partial charge is 0.378 e. The predicted octanol–water partition coefficient (Wildman–Crippen LogP) is 2.33. The van der Waals surface area contributed by atoms with Gasteiger partial charge >= 0.3 is 0 Å². The Morgan fingerprint density at radius 2 is 1.94 bits per heavy atom. The number of ether oxygens (including phenoxy) is 1. The zero-order valence-electron chi connectivity index (χ0n) is 17.8. The molecule has 0 bridgehead atoms. The molecule has 2 fully saturated rings. The Morgan fingerprint density at radius 1 is 1.10 bits per heavy atom. The summed E-state index contributed by atoms with van der Waals surface area (Å²) in [6.45, 7) is 4.71. The zero-order valence-corrected chi connectivity index (χ0v) is 17.8. The summed E-state index contributed by atoms with van der Waals surface area (Å²) in [4.78, 5) is 30.3. The van der Waals surface area contributed by atoms with Gasteiger partial charge in [-0.3, -0.25) is 9.78 Å². The third-order valence-electron chi connectivity index (χ3n) is 6.04. The number of likely N-dealkylation sites (N-methyl/N-ethyl adjacent to an activating group) is 1. The minimum absolute atomic E-state index is 0.175. The number of hydrogen-bond acceptors (Lipinski definition) is 7. The van der Waals surface area contributed by atoms with Gasteiger partial charge in [0.05, 0.1) is 24.4 Å². The van der Waals surface area contributed by atoms with Gasteiger partial charge in [-0.1, -0.05) is 24.3 Å². The van der Waals surface area contributed by atoms with Crippen molar-refractivity contribution < 1.29 is 4.74 Å². The number of pyridine rings is 1. The first kappa shape index (κ1) is 20.0. The van der Waals surface area contributed by atoms with Crippen molar-refractivity contribution in [1.82, 2.24) is 19.9 Å². The Bertz CT molecular complexity index is 1120. The summed E-state index contributed by atoms with van der Waals surface area (Å²) >= 11 is 0. The molecule has 0 saturated carbocycles. The van der Waals surface area contributed by atoms with Crippen molar-refractivity contribution in [1.29, 1.82) is 0 Å². The fourth-order valence-corrected chi connectivity index (χ4v) is 4.41. The third-order valence-corrected chi connectivity index (χ3v) is 6.04. The molecule has 1 unspecified atom stereocenters. The number of aromatic nitrogens is 3. The Morgan fingerprint density at radius 3 is 2.77 bits per heavy atom. The van der Waals surface area contributed by atoms with Crippen LogP contribution in [0.15, 0.2) is 41.2 Å². The number of H-pyrrole nitrogens is 1. The van der Waals surface area contributed by atoms with E-state index in [-0.39, 0.29) is 11.6 Å². The van der Waals surface area contributed by atoms with Crippen molar-refractivity contribution in [2.75, 3.05) is 56.7 Å². The molecule has 2 saturated heterocycles. The highest BCUT2D eigenvalue weighted by Gasteiger charge is 2.23. The highest BCUT2D eigenvalue weighted by atomic mass is 16.5. The number of nitrogens with zero attached hydrogens (tertiary/aromatic N) is 4. The molecule has 2 aliphatic rings. The van der Waals surface area contributed by atoms with E-state index in [9.17, 15) is 4.79 Å². The van der Waals surface area contributed by atoms with Gasteiger partial charge in [-0.05, 0) is 38.6 Å². The van der Waals surface area contributed by atoms with Gasteiger partial charge in [-0.2, -0.15) is 4.98 Å². The van der Waals surface area contributed by atoms with Crippen LogP contribution in [-0.2, 0) is 4.74 Å². The lowest BCUT2D eigenvalue weighted by Gasteiger charge is -2.32. The molecule has 0 aliphatic carbocycles. The molecule has 2 aromatic heterocycles. The van der Waals surface area contributed by atoms with Crippen LogP contribution in [0.4, 0.5) is 11.8 Å². The van der Waals surface area contributed by atoms with Crippen molar-refractivity contribution in [2.24, 2.45) is 0 Å². The van der Waals surface area contributed by atoms with Crippen LogP contribution >= 0.6 is 0 Å². The first-order chi connectivity index (χ1) is 15.2. The topological polar surface area (TPSA) is 86.4 Å². The van der Waals surface area contributed by atoms with E-state index in [1.54, 1.807) is 0 Å². The first-order valence-corrected chi connectivity index (χ1v) is 11.0. The van der Waals surface area contributed by atoms with E-state index in [0.717, 1.165) is 36.8 Å². The fourth-order valence-electron chi connectivity index (χ4n) is 4.41. The normalized spacial score (nSPS) is 20.2. The molecule has 4 heterocycles. The third kappa shape index (κ3) is 4.26. The number of likely N-dealkylation sites (tertiary alicyclic amines) is 1. The lowest BCUT2D eigenvalue weighted by atomic mass is 10.1. The van der Waals surface area contributed by atoms with E-state index in [1.165, 1.54) is 0 Å². The second-order valence-electron chi connectivity index (χ2n) is 8.35. The predicted molar refractivity (Wildman–Crippen MR) is 123 cm³/mol. The Balaban J connectivity index is 1.58. The number of piperidine rings is 1. The van der Waals surface area contributed by atoms with Crippen LogP contribution in [0, 0.1) is 0 Å². The molecule has 162 valence electrons. The van der Waals surface area contributed by atoms with Crippen LogP contribution in [0.5, 0.6) is 0 Å². The van der Waals surface area contributed by atoms with Crippen LogP contribution < -0.4 is 15.8 Å². The summed E-state index contributed by atoms with van der Waals surface area (Å²) in [7, 11) is 2.13. The molecule has 0 spiro atoms. The summed E-state index contributed by atoms with van der Waals surface area (Å²) in [6, 6.07) is 12.1. The van der Waals surface area contributed by atoms with Gasteiger partial charge in [0.25, 0.3) is 5.56 Å². The van der Waals surface area contributed by atoms with Crippen molar-refractivity contribution >= 4 is 22.7 Å². The van der Waals surface area contributed by atoms with E-state index >= 15 is 0 Å². The number of para-hydroxylation sites is 1. The van der Waals surface area contributed by atoms with Gasteiger partial charge in [-0.15, -0.1) is 0 Å².